The first-order chi connectivity index (χ1) is 10.5. The van der Waals surface area contributed by atoms with Crippen LogP contribution in [0.3, 0.4) is 0 Å². The average Bonchev–Trinajstić information content (AvgIpc) is 2.47. The third-order valence-electron chi connectivity index (χ3n) is 2.27. The monoisotopic (exact) mass is 329 g/mol. The van der Waals surface area contributed by atoms with Gasteiger partial charge in [0.25, 0.3) is 5.91 Å². The third kappa shape index (κ3) is 7.63. The Balaban J connectivity index is 2.16. The van der Waals surface area contributed by atoms with Crippen molar-refractivity contribution in [1.82, 2.24) is 5.32 Å². The average molecular weight is 329 g/mol. The number of rotatable bonds is 7. The molecule has 1 N–H and O–H groups in total. The number of benzene rings is 1. The van der Waals surface area contributed by atoms with Crippen molar-refractivity contribution in [3.8, 4) is 0 Å². The van der Waals surface area contributed by atoms with Crippen LogP contribution in [-0.2, 0) is 19.1 Å². The summed E-state index contributed by atoms with van der Waals surface area (Å²) < 4.78 is 21.9. The number of nitrogens with one attached hydrogen (secondary N) is 1. The second kappa shape index (κ2) is 9.78. The van der Waals surface area contributed by atoms with E-state index in [2.05, 4.69) is 4.74 Å². The molecule has 0 bridgehead atoms. The van der Waals surface area contributed by atoms with Gasteiger partial charge in [-0.2, -0.15) is 0 Å². The minimum absolute atomic E-state index is 0.0920. The summed E-state index contributed by atoms with van der Waals surface area (Å²) in [5.41, 5.74) is 0. The van der Waals surface area contributed by atoms with E-state index in [1.165, 1.54) is 23.9 Å². The normalized spacial score (nSPS) is 9.91. The van der Waals surface area contributed by atoms with Gasteiger partial charge in [0, 0.05) is 10.6 Å². The van der Waals surface area contributed by atoms with Crippen LogP contribution in [0.1, 0.15) is 13.3 Å². The van der Waals surface area contributed by atoms with Gasteiger partial charge in [-0.3, -0.25) is 14.9 Å². The second-order valence-electron chi connectivity index (χ2n) is 3.98. The van der Waals surface area contributed by atoms with Gasteiger partial charge >= 0.3 is 12.1 Å². The summed E-state index contributed by atoms with van der Waals surface area (Å²) in [7, 11) is 0. The first kappa shape index (κ1) is 18.0. The lowest BCUT2D eigenvalue weighted by Gasteiger charge is -2.06. The van der Waals surface area contributed by atoms with Gasteiger partial charge in [-0.25, -0.2) is 9.18 Å². The van der Waals surface area contributed by atoms with Crippen molar-refractivity contribution in [2.24, 2.45) is 0 Å². The zero-order chi connectivity index (χ0) is 16.4. The number of carbonyl (C=O) groups is 3. The molecule has 0 radical (unpaired) electrons. The van der Waals surface area contributed by atoms with E-state index >= 15 is 0 Å². The molecule has 0 aliphatic rings. The van der Waals surface area contributed by atoms with Crippen molar-refractivity contribution in [3.63, 3.8) is 0 Å². The molecule has 0 unspecified atom stereocenters. The van der Waals surface area contributed by atoms with Crippen LogP contribution in [-0.4, -0.2) is 36.9 Å². The molecule has 1 aromatic rings. The van der Waals surface area contributed by atoms with Crippen LogP contribution in [0.2, 0.25) is 0 Å². The number of ether oxygens (including phenoxy) is 2. The number of carbonyl (C=O) groups excluding carboxylic acids is 3. The Hall–Kier alpha value is -2.09. The quantitative estimate of drug-likeness (QED) is 0.609. The number of amides is 2. The maximum atomic E-state index is 12.7. The predicted molar refractivity (Wildman–Crippen MR) is 77.9 cm³/mol. The first-order valence-electron chi connectivity index (χ1n) is 6.52. The third-order valence-corrected chi connectivity index (χ3v) is 3.28. The molecule has 0 heterocycles. The predicted octanol–water partition coefficient (Wildman–Crippen LogP) is 2.12. The largest absolute Gasteiger partial charge is 0.456 e. The van der Waals surface area contributed by atoms with Gasteiger partial charge in [0.05, 0.1) is 13.0 Å². The second-order valence-corrected chi connectivity index (χ2v) is 5.15. The molecule has 1 aromatic carbocycles. The summed E-state index contributed by atoms with van der Waals surface area (Å²) in [6.07, 6.45) is -0.787. The SMILES string of the molecule is CCOC(=O)NC(=O)COC(=O)CCSc1ccc(F)cc1. The van der Waals surface area contributed by atoms with Crippen molar-refractivity contribution >= 4 is 29.7 Å². The minimum Gasteiger partial charge on any atom is -0.456 e. The Morgan fingerprint density at radius 2 is 1.86 bits per heavy atom. The van der Waals surface area contributed by atoms with Crippen LogP contribution < -0.4 is 5.32 Å². The molecular weight excluding hydrogens is 313 g/mol. The maximum Gasteiger partial charge on any atom is 0.413 e. The van der Waals surface area contributed by atoms with Crippen LogP contribution in [0.25, 0.3) is 0 Å². The highest BCUT2D eigenvalue weighted by Crippen LogP contribution is 2.18. The van der Waals surface area contributed by atoms with Crippen molar-refractivity contribution in [2.75, 3.05) is 19.0 Å². The summed E-state index contributed by atoms with van der Waals surface area (Å²) in [4.78, 5) is 34.4. The van der Waals surface area contributed by atoms with Crippen LogP contribution in [0.4, 0.5) is 9.18 Å². The molecule has 120 valence electrons. The summed E-state index contributed by atoms with van der Waals surface area (Å²) in [5.74, 6) is -1.20. The highest BCUT2D eigenvalue weighted by Gasteiger charge is 2.11. The smallest absolute Gasteiger partial charge is 0.413 e. The van der Waals surface area contributed by atoms with E-state index in [0.717, 1.165) is 4.90 Å². The Labute approximate surface area is 131 Å². The molecule has 1 rings (SSSR count). The molecule has 0 fully saturated rings. The van der Waals surface area contributed by atoms with Crippen LogP contribution in [0.5, 0.6) is 0 Å². The van der Waals surface area contributed by atoms with E-state index in [1.54, 1.807) is 19.1 Å². The molecule has 0 aromatic heterocycles. The lowest BCUT2D eigenvalue weighted by Crippen LogP contribution is -2.34. The highest BCUT2D eigenvalue weighted by atomic mass is 32.2. The lowest BCUT2D eigenvalue weighted by atomic mass is 10.4. The Morgan fingerprint density at radius 1 is 1.18 bits per heavy atom. The highest BCUT2D eigenvalue weighted by molar-refractivity contribution is 7.99. The fourth-order valence-corrected chi connectivity index (χ4v) is 2.15. The van der Waals surface area contributed by atoms with E-state index in [1.807, 2.05) is 5.32 Å². The van der Waals surface area contributed by atoms with E-state index in [0.29, 0.717) is 5.75 Å². The van der Waals surface area contributed by atoms with Crippen LogP contribution in [0.15, 0.2) is 29.2 Å². The standard InChI is InChI=1S/C14H16FNO5S/c1-2-20-14(19)16-12(17)9-21-13(18)7-8-22-11-5-3-10(15)4-6-11/h3-6H,2,7-9H2,1H3,(H,16,17,19). The molecule has 6 nitrogen and oxygen atoms in total. The maximum absolute atomic E-state index is 12.7. The number of alkyl carbamates (subject to hydrolysis) is 1. The van der Waals surface area contributed by atoms with Gasteiger partial charge in [-0.15, -0.1) is 11.8 Å². The molecule has 0 aliphatic carbocycles. The van der Waals surface area contributed by atoms with Crippen molar-refractivity contribution in [2.45, 2.75) is 18.2 Å². The molecule has 22 heavy (non-hydrogen) atoms. The number of esters is 1. The van der Waals surface area contributed by atoms with Crippen LogP contribution >= 0.6 is 11.8 Å². The minimum atomic E-state index is -0.879. The lowest BCUT2D eigenvalue weighted by molar-refractivity contribution is -0.147. The Morgan fingerprint density at radius 3 is 2.50 bits per heavy atom. The first-order valence-corrected chi connectivity index (χ1v) is 7.50. The number of imide groups is 1. The Kier molecular flexibility index (Phi) is 7.98. The molecule has 0 aliphatic heterocycles. The van der Waals surface area contributed by atoms with Crippen molar-refractivity contribution in [3.05, 3.63) is 30.1 Å². The molecule has 2 amide bonds. The zero-order valence-electron chi connectivity index (χ0n) is 12.0. The number of halogens is 1. The fourth-order valence-electron chi connectivity index (χ4n) is 1.32. The molecule has 0 spiro atoms. The van der Waals surface area contributed by atoms with Gasteiger partial charge in [0.1, 0.15) is 5.82 Å². The van der Waals surface area contributed by atoms with Gasteiger partial charge in [-0.1, -0.05) is 0 Å². The van der Waals surface area contributed by atoms with E-state index in [4.69, 9.17) is 4.74 Å². The van der Waals surface area contributed by atoms with Crippen molar-refractivity contribution in [1.29, 1.82) is 0 Å². The molecule has 0 saturated heterocycles. The number of thioether (sulfide) groups is 1. The summed E-state index contributed by atoms with van der Waals surface area (Å²) in [6.45, 7) is 1.20. The van der Waals surface area contributed by atoms with E-state index in [-0.39, 0.29) is 18.8 Å². The summed E-state index contributed by atoms with van der Waals surface area (Å²) >= 11 is 1.37. The number of hydrogen-bond acceptors (Lipinski definition) is 6. The van der Waals surface area contributed by atoms with Gasteiger partial charge < -0.3 is 9.47 Å². The van der Waals surface area contributed by atoms with Crippen molar-refractivity contribution < 1.29 is 28.2 Å². The number of hydrogen-bond donors (Lipinski definition) is 1. The zero-order valence-corrected chi connectivity index (χ0v) is 12.8. The van der Waals surface area contributed by atoms with E-state index in [9.17, 15) is 18.8 Å². The van der Waals surface area contributed by atoms with Crippen LogP contribution in [0, 0.1) is 5.82 Å². The molecule has 8 heteroatoms. The van der Waals surface area contributed by atoms with E-state index < -0.39 is 24.6 Å². The van der Waals surface area contributed by atoms with Gasteiger partial charge in [0.2, 0.25) is 0 Å². The summed E-state index contributed by atoms with van der Waals surface area (Å²) in [5, 5.41) is 1.91. The summed E-state index contributed by atoms with van der Waals surface area (Å²) in [6, 6.07) is 5.89. The fraction of sp³-hybridized carbons (Fsp3) is 0.357. The van der Waals surface area contributed by atoms with Gasteiger partial charge in [0.15, 0.2) is 6.61 Å². The molecular formula is C14H16FNO5S. The molecule has 0 atom stereocenters. The topological polar surface area (TPSA) is 81.7 Å². The molecule has 0 saturated carbocycles. The van der Waals surface area contributed by atoms with Gasteiger partial charge in [-0.05, 0) is 31.2 Å². The Bertz CT molecular complexity index is 520.